The Kier molecular flexibility index (Phi) is 3.72. The van der Waals surface area contributed by atoms with Gasteiger partial charge >= 0.3 is 5.97 Å². The summed E-state index contributed by atoms with van der Waals surface area (Å²) in [5.41, 5.74) is 3.71. The minimum Gasteiger partial charge on any atom is -0.478 e. The predicted octanol–water partition coefficient (Wildman–Crippen LogP) is 2.82. The number of rotatable bonds is 4. The molecule has 4 heteroatoms. The topological polar surface area (TPSA) is 45.5 Å². The van der Waals surface area contributed by atoms with Crippen molar-refractivity contribution in [3.8, 4) is 0 Å². The first-order valence-corrected chi connectivity index (χ1v) is 7.62. The van der Waals surface area contributed by atoms with Crippen molar-refractivity contribution in [2.24, 2.45) is 7.05 Å². The van der Waals surface area contributed by atoms with Crippen LogP contribution in [0, 0.1) is 6.92 Å². The third-order valence-electron chi connectivity index (χ3n) is 4.74. The second-order valence-electron chi connectivity index (χ2n) is 5.93. The molecule has 1 saturated heterocycles. The summed E-state index contributed by atoms with van der Waals surface area (Å²) in [4.78, 5) is 13.9. The summed E-state index contributed by atoms with van der Waals surface area (Å²) in [6, 6.07) is 5.59. The summed E-state index contributed by atoms with van der Waals surface area (Å²) >= 11 is 0. The summed E-state index contributed by atoms with van der Waals surface area (Å²) in [6.45, 7) is 5.55. The van der Waals surface area contributed by atoms with Gasteiger partial charge in [-0.25, -0.2) is 4.79 Å². The van der Waals surface area contributed by atoms with Gasteiger partial charge < -0.3 is 14.6 Å². The van der Waals surface area contributed by atoms with Gasteiger partial charge in [0.15, 0.2) is 0 Å². The molecule has 0 amide bonds. The van der Waals surface area contributed by atoms with Crippen molar-refractivity contribution >= 4 is 16.9 Å². The highest BCUT2D eigenvalue weighted by Gasteiger charge is 2.19. The fourth-order valence-corrected chi connectivity index (χ4v) is 3.48. The number of fused-ring (bicyclic) bond motifs is 1. The number of hydrogen-bond donors (Lipinski definition) is 1. The van der Waals surface area contributed by atoms with Gasteiger partial charge in [-0.3, -0.25) is 0 Å². The molecule has 0 atom stereocenters. The Bertz CT molecular complexity index is 682. The number of likely N-dealkylation sites (tertiary alicyclic amines) is 1. The average Bonchev–Trinajstić information content (AvgIpc) is 3.06. The normalized spacial score (nSPS) is 15.9. The zero-order chi connectivity index (χ0) is 15.0. The Labute approximate surface area is 125 Å². The van der Waals surface area contributed by atoms with Crippen LogP contribution in [0.25, 0.3) is 10.9 Å². The smallest absolute Gasteiger partial charge is 0.337 e. The maximum atomic E-state index is 11.4. The van der Waals surface area contributed by atoms with Crippen molar-refractivity contribution in [1.29, 1.82) is 0 Å². The highest BCUT2D eigenvalue weighted by atomic mass is 16.4. The lowest BCUT2D eigenvalue weighted by Crippen LogP contribution is -2.22. The monoisotopic (exact) mass is 286 g/mol. The van der Waals surface area contributed by atoms with Crippen molar-refractivity contribution in [3.05, 3.63) is 35.0 Å². The SMILES string of the molecule is Cc1c(CCN2CCCC2)c2cccc(C(=O)O)c2n1C. The number of benzene rings is 1. The van der Waals surface area contributed by atoms with Gasteiger partial charge in [0.25, 0.3) is 0 Å². The molecule has 1 N–H and O–H groups in total. The fourth-order valence-electron chi connectivity index (χ4n) is 3.48. The summed E-state index contributed by atoms with van der Waals surface area (Å²) < 4.78 is 2.03. The van der Waals surface area contributed by atoms with Gasteiger partial charge in [-0.05, 0) is 50.9 Å². The lowest BCUT2D eigenvalue weighted by atomic mass is 10.1. The molecule has 2 aromatic rings. The van der Waals surface area contributed by atoms with Gasteiger partial charge in [-0.2, -0.15) is 0 Å². The van der Waals surface area contributed by atoms with E-state index >= 15 is 0 Å². The number of aromatic nitrogens is 1. The van der Waals surface area contributed by atoms with Crippen LogP contribution in [0.3, 0.4) is 0 Å². The van der Waals surface area contributed by atoms with Crippen LogP contribution in [0.5, 0.6) is 0 Å². The van der Waals surface area contributed by atoms with Crippen molar-refractivity contribution in [1.82, 2.24) is 9.47 Å². The molecule has 0 saturated carbocycles. The number of carboxylic acid groups (broad SMARTS) is 1. The number of hydrogen-bond acceptors (Lipinski definition) is 2. The third kappa shape index (κ3) is 2.44. The molecule has 0 bridgehead atoms. The van der Waals surface area contributed by atoms with Crippen LogP contribution in [-0.4, -0.2) is 40.2 Å². The van der Waals surface area contributed by atoms with Crippen molar-refractivity contribution < 1.29 is 9.90 Å². The quantitative estimate of drug-likeness (QED) is 0.940. The molecule has 0 unspecified atom stereocenters. The second-order valence-corrected chi connectivity index (χ2v) is 5.93. The van der Waals surface area contributed by atoms with E-state index in [0.717, 1.165) is 23.9 Å². The molecule has 0 radical (unpaired) electrons. The zero-order valence-electron chi connectivity index (χ0n) is 12.7. The molecule has 2 heterocycles. The lowest BCUT2D eigenvalue weighted by Gasteiger charge is -2.14. The molecule has 0 aliphatic carbocycles. The van der Waals surface area contributed by atoms with Crippen LogP contribution < -0.4 is 0 Å². The zero-order valence-corrected chi connectivity index (χ0v) is 12.7. The lowest BCUT2D eigenvalue weighted by molar-refractivity contribution is 0.0698. The second kappa shape index (κ2) is 5.53. The van der Waals surface area contributed by atoms with E-state index in [4.69, 9.17) is 0 Å². The van der Waals surface area contributed by atoms with Crippen LogP contribution in [0.4, 0.5) is 0 Å². The van der Waals surface area contributed by atoms with E-state index in [9.17, 15) is 9.90 Å². The van der Waals surface area contributed by atoms with Crippen LogP contribution in [0.15, 0.2) is 18.2 Å². The van der Waals surface area contributed by atoms with Gasteiger partial charge in [-0.15, -0.1) is 0 Å². The van der Waals surface area contributed by atoms with E-state index in [1.807, 2.05) is 23.7 Å². The molecule has 21 heavy (non-hydrogen) atoms. The first kappa shape index (κ1) is 14.1. The number of carbonyl (C=O) groups is 1. The molecule has 1 aliphatic rings. The molecule has 112 valence electrons. The number of aromatic carboxylic acids is 1. The Morgan fingerprint density at radius 2 is 2.00 bits per heavy atom. The standard InChI is InChI=1S/C17H22N2O2/c1-12-13(8-11-19-9-3-4-10-19)14-6-5-7-15(17(20)21)16(14)18(12)2/h5-7H,3-4,8-11H2,1-2H3,(H,20,21). The molecule has 1 fully saturated rings. The summed E-state index contributed by atoms with van der Waals surface area (Å²) in [7, 11) is 1.96. The molecule has 1 aliphatic heterocycles. The largest absolute Gasteiger partial charge is 0.478 e. The number of nitrogens with zero attached hydrogens (tertiary/aromatic N) is 2. The van der Waals surface area contributed by atoms with E-state index < -0.39 is 5.97 Å². The maximum Gasteiger partial charge on any atom is 0.337 e. The van der Waals surface area contributed by atoms with Crippen LogP contribution in [0.1, 0.15) is 34.5 Å². The molecule has 1 aromatic carbocycles. The van der Waals surface area contributed by atoms with Gasteiger partial charge in [0, 0.05) is 24.7 Å². The van der Waals surface area contributed by atoms with Gasteiger partial charge in [0.05, 0.1) is 11.1 Å². The highest BCUT2D eigenvalue weighted by molar-refractivity contribution is 6.03. The summed E-state index contributed by atoms with van der Waals surface area (Å²) in [5.74, 6) is -0.854. The van der Waals surface area contributed by atoms with Crippen molar-refractivity contribution in [2.75, 3.05) is 19.6 Å². The summed E-state index contributed by atoms with van der Waals surface area (Å²) in [6.07, 6.45) is 3.60. The minimum absolute atomic E-state index is 0.394. The Morgan fingerprint density at radius 3 is 2.67 bits per heavy atom. The third-order valence-corrected chi connectivity index (χ3v) is 4.74. The Morgan fingerprint density at radius 1 is 1.29 bits per heavy atom. The summed E-state index contributed by atoms with van der Waals surface area (Å²) in [5, 5.41) is 10.5. The molecule has 3 rings (SSSR count). The molecule has 0 spiro atoms. The average molecular weight is 286 g/mol. The van der Waals surface area contributed by atoms with E-state index in [-0.39, 0.29) is 0 Å². The number of aryl methyl sites for hydroxylation is 1. The van der Waals surface area contributed by atoms with Crippen LogP contribution in [0.2, 0.25) is 0 Å². The van der Waals surface area contributed by atoms with Gasteiger partial charge in [-0.1, -0.05) is 12.1 Å². The molecular formula is C17H22N2O2. The maximum absolute atomic E-state index is 11.4. The van der Waals surface area contributed by atoms with Crippen LogP contribution in [-0.2, 0) is 13.5 Å². The Hall–Kier alpha value is -1.81. The van der Waals surface area contributed by atoms with Gasteiger partial charge in [0.1, 0.15) is 0 Å². The van der Waals surface area contributed by atoms with Gasteiger partial charge in [0.2, 0.25) is 0 Å². The van der Waals surface area contributed by atoms with E-state index in [0.29, 0.717) is 5.56 Å². The fraction of sp³-hybridized carbons (Fsp3) is 0.471. The van der Waals surface area contributed by atoms with E-state index in [1.54, 1.807) is 6.07 Å². The Balaban J connectivity index is 2.00. The van der Waals surface area contributed by atoms with E-state index in [2.05, 4.69) is 11.8 Å². The van der Waals surface area contributed by atoms with Crippen molar-refractivity contribution in [3.63, 3.8) is 0 Å². The van der Waals surface area contributed by atoms with Crippen LogP contribution >= 0.6 is 0 Å². The molecule has 4 nitrogen and oxygen atoms in total. The molecule has 1 aromatic heterocycles. The highest BCUT2D eigenvalue weighted by Crippen LogP contribution is 2.28. The first-order valence-electron chi connectivity index (χ1n) is 7.62. The predicted molar refractivity (Wildman–Crippen MR) is 84.0 cm³/mol. The molecular weight excluding hydrogens is 264 g/mol. The van der Waals surface area contributed by atoms with E-state index in [1.165, 1.54) is 37.2 Å². The number of carboxylic acids is 1. The first-order chi connectivity index (χ1) is 10.1. The number of para-hydroxylation sites is 1. The van der Waals surface area contributed by atoms with Crippen molar-refractivity contribution in [2.45, 2.75) is 26.2 Å². The minimum atomic E-state index is -0.854.